The fourth-order valence-corrected chi connectivity index (χ4v) is 1.56. The Bertz CT molecular complexity index is 576. The van der Waals surface area contributed by atoms with Crippen LogP contribution in [0.25, 0.3) is 0 Å². The molecule has 3 amide bonds. The molecule has 1 aliphatic rings. The van der Waals surface area contributed by atoms with Crippen LogP contribution in [0.2, 0.25) is 0 Å². The number of aromatic nitrogens is 2. The second-order valence-electron chi connectivity index (χ2n) is 3.81. The molecule has 0 bridgehead atoms. The van der Waals surface area contributed by atoms with Gasteiger partial charge in [0.1, 0.15) is 18.8 Å². The first-order valence-corrected chi connectivity index (χ1v) is 5.13. The number of hydrogen-bond acceptors (Lipinski definition) is 5. The largest absolute Gasteiger partial charge is 0.319 e. The van der Waals surface area contributed by atoms with E-state index in [2.05, 4.69) is 10.4 Å². The lowest BCUT2D eigenvalue weighted by molar-refractivity contribution is -0.135. The molecule has 0 aromatic carbocycles. The Morgan fingerprint density at radius 3 is 2.39 bits per heavy atom. The van der Waals surface area contributed by atoms with Crippen molar-refractivity contribution in [3.63, 3.8) is 0 Å². The summed E-state index contributed by atoms with van der Waals surface area (Å²) in [5.41, 5.74) is -0.335. The molecule has 2 rings (SSSR count). The van der Waals surface area contributed by atoms with E-state index in [-0.39, 0.29) is 24.3 Å². The van der Waals surface area contributed by atoms with Crippen LogP contribution in [0, 0.1) is 0 Å². The van der Waals surface area contributed by atoms with Gasteiger partial charge in [-0.05, 0) is 6.07 Å². The van der Waals surface area contributed by atoms with E-state index >= 15 is 0 Å². The maximum absolute atomic E-state index is 12.0. The highest BCUT2D eigenvalue weighted by molar-refractivity contribution is 6.05. The van der Waals surface area contributed by atoms with Gasteiger partial charge in [-0.1, -0.05) is 0 Å². The zero-order valence-electron chi connectivity index (χ0n) is 9.54. The molecule has 1 aliphatic heterocycles. The molecule has 8 heteroatoms. The molecule has 0 atom stereocenters. The van der Waals surface area contributed by atoms with E-state index in [9.17, 15) is 19.2 Å². The first-order valence-electron chi connectivity index (χ1n) is 5.13. The molecule has 1 aromatic heterocycles. The minimum Gasteiger partial charge on any atom is -0.319 e. The fourth-order valence-electron chi connectivity index (χ4n) is 1.56. The Kier molecular flexibility index (Phi) is 2.92. The molecule has 1 N–H and O–H groups in total. The molecule has 0 spiro atoms. The summed E-state index contributed by atoms with van der Waals surface area (Å²) in [5, 5.41) is 5.86. The van der Waals surface area contributed by atoms with Gasteiger partial charge < -0.3 is 4.90 Å². The number of carbonyl (C=O) groups is 3. The minimum atomic E-state index is -0.561. The van der Waals surface area contributed by atoms with Gasteiger partial charge >= 0.3 is 0 Å². The number of nitrogens with one attached hydrogen (secondary N) is 1. The summed E-state index contributed by atoms with van der Waals surface area (Å²) >= 11 is 0. The van der Waals surface area contributed by atoms with E-state index in [4.69, 9.17) is 0 Å². The van der Waals surface area contributed by atoms with Crippen LogP contribution in [0.5, 0.6) is 0 Å². The second-order valence-corrected chi connectivity index (χ2v) is 3.81. The lowest BCUT2D eigenvalue weighted by Crippen LogP contribution is -2.53. The molecule has 1 saturated heterocycles. The molecule has 0 aliphatic carbocycles. The number of aryl methyl sites for hydroxylation is 1. The third-order valence-corrected chi connectivity index (χ3v) is 2.41. The number of hydrogen-bond donors (Lipinski definition) is 1. The number of carbonyl (C=O) groups excluding carboxylic acids is 3. The fraction of sp³-hybridized carbons (Fsp3) is 0.300. The zero-order chi connectivity index (χ0) is 13.3. The Morgan fingerprint density at radius 1 is 1.22 bits per heavy atom. The molecule has 1 aromatic rings. The van der Waals surface area contributed by atoms with Crippen molar-refractivity contribution >= 4 is 17.7 Å². The molecule has 18 heavy (non-hydrogen) atoms. The Hall–Kier alpha value is -2.51. The molecule has 94 valence electrons. The number of rotatable bonds is 1. The Morgan fingerprint density at radius 2 is 1.83 bits per heavy atom. The van der Waals surface area contributed by atoms with Crippen molar-refractivity contribution in [1.82, 2.24) is 20.0 Å². The van der Waals surface area contributed by atoms with E-state index in [0.717, 1.165) is 9.58 Å². The van der Waals surface area contributed by atoms with Crippen LogP contribution < -0.4 is 10.9 Å². The maximum Gasteiger partial charge on any atom is 0.275 e. The van der Waals surface area contributed by atoms with Gasteiger partial charge in [-0.15, -0.1) is 0 Å². The summed E-state index contributed by atoms with van der Waals surface area (Å²) in [6, 6.07) is 2.47. The van der Waals surface area contributed by atoms with Crippen LogP contribution in [0.1, 0.15) is 10.5 Å². The van der Waals surface area contributed by atoms with Crippen LogP contribution >= 0.6 is 0 Å². The van der Waals surface area contributed by atoms with Crippen molar-refractivity contribution in [3.05, 3.63) is 28.2 Å². The highest BCUT2D eigenvalue weighted by Crippen LogP contribution is 2.02. The Balaban J connectivity index is 2.25. The van der Waals surface area contributed by atoms with Crippen molar-refractivity contribution in [2.24, 2.45) is 7.05 Å². The second kappa shape index (κ2) is 4.40. The lowest BCUT2D eigenvalue weighted by Gasteiger charge is -2.24. The normalized spacial score (nSPS) is 15.5. The lowest BCUT2D eigenvalue weighted by atomic mass is 10.3. The smallest absolute Gasteiger partial charge is 0.275 e. The predicted molar refractivity (Wildman–Crippen MR) is 58.5 cm³/mol. The van der Waals surface area contributed by atoms with Gasteiger partial charge in [-0.3, -0.25) is 24.5 Å². The zero-order valence-corrected chi connectivity index (χ0v) is 9.54. The van der Waals surface area contributed by atoms with Gasteiger partial charge in [-0.25, -0.2) is 4.68 Å². The third kappa shape index (κ3) is 2.26. The summed E-state index contributed by atoms with van der Waals surface area (Å²) in [6.07, 6.45) is 0. The summed E-state index contributed by atoms with van der Waals surface area (Å²) in [5.74, 6) is -1.64. The summed E-state index contributed by atoms with van der Waals surface area (Å²) < 4.78 is 1.01. The number of imide groups is 1. The SMILES string of the molecule is Cn1nc(C(=O)N2CC(=O)NC(=O)C2)ccc1=O. The van der Waals surface area contributed by atoms with Crippen LogP contribution in [-0.2, 0) is 16.6 Å². The Labute approximate surface area is 101 Å². The van der Waals surface area contributed by atoms with Gasteiger partial charge in [0, 0.05) is 13.1 Å². The maximum atomic E-state index is 12.0. The average molecular weight is 250 g/mol. The standard InChI is InChI=1S/C10H10N4O4/c1-13-9(17)3-2-6(12-13)10(18)14-4-7(15)11-8(16)5-14/h2-3H,4-5H2,1H3,(H,11,15,16). The molecule has 0 saturated carbocycles. The summed E-state index contributed by atoms with van der Waals surface area (Å²) in [6.45, 7) is -0.399. The molecule has 1 fully saturated rings. The first kappa shape index (κ1) is 12.0. The monoisotopic (exact) mass is 250 g/mol. The number of nitrogens with zero attached hydrogens (tertiary/aromatic N) is 3. The van der Waals surface area contributed by atoms with Gasteiger partial charge in [0.2, 0.25) is 11.8 Å². The van der Waals surface area contributed by atoms with Crippen LogP contribution in [-0.4, -0.2) is 45.5 Å². The first-order chi connectivity index (χ1) is 8.47. The van der Waals surface area contributed by atoms with E-state index in [1.54, 1.807) is 0 Å². The van der Waals surface area contributed by atoms with E-state index in [1.165, 1.54) is 19.2 Å². The topological polar surface area (TPSA) is 101 Å². The summed E-state index contributed by atoms with van der Waals surface area (Å²) in [7, 11) is 1.41. The average Bonchev–Trinajstić information content (AvgIpc) is 2.30. The van der Waals surface area contributed by atoms with E-state index in [1.807, 2.05) is 0 Å². The van der Waals surface area contributed by atoms with Gasteiger partial charge in [0.05, 0.1) is 0 Å². The van der Waals surface area contributed by atoms with Crippen molar-refractivity contribution in [2.75, 3.05) is 13.1 Å². The molecular formula is C10H10N4O4. The van der Waals surface area contributed by atoms with E-state index in [0.29, 0.717) is 0 Å². The van der Waals surface area contributed by atoms with Crippen LogP contribution in [0.3, 0.4) is 0 Å². The van der Waals surface area contributed by atoms with Crippen LogP contribution in [0.15, 0.2) is 16.9 Å². The molecule has 0 radical (unpaired) electrons. The molecule has 0 unspecified atom stereocenters. The quantitative estimate of drug-likeness (QED) is 0.574. The van der Waals surface area contributed by atoms with Crippen molar-refractivity contribution in [1.29, 1.82) is 0 Å². The minimum absolute atomic E-state index is 0.0135. The highest BCUT2D eigenvalue weighted by Gasteiger charge is 2.27. The van der Waals surface area contributed by atoms with E-state index < -0.39 is 17.7 Å². The van der Waals surface area contributed by atoms with Crippen LogP contribution in [0.4, 0.5) is 0 Å². The third-order valence-electron chi connectivity index (χ3n) is 2.41. The predicted octanol–water partition coefficient (Wildman–Crippen LogP) is -2.12. The van der Waals surface area contributed by atoms with Crippen molar-refractivity contribution < 1.29 is 14.4 Å². The van der Waals surface area contributed by atoms with Crippen molar-refractivity contribution in [3.8, 4) is 0 Å². The van der Waals surface area contributed by atoms with Gasteiger partial charge in [0.15, 0.2) is 0 Å². The highest BCUT2D eigenvalue weighted by atomic mass is 16.2. The summed E-state index contributed by atoms with van der Waals surface area (Å²) in [4.78, 5) is 46.5. The van der Waals surface area contributed by atoms with Gasteiger partial charge in [-0.2, -0.15) is 5.10 Å². The molecular weight excluding hydrogens is 240 g/mol. The molecule has 8 nitrogen and oxygen atoms in total. The van der Waals surface area contributed by atoms with Crippen molar-refractivity contribution in [2.45, 2.75) is 0 Å². The number of piperazine rings is 1. The van der Waals surface area contributed by atoms with Gasteiger partial charge in [0.25, 0.3) is 11.5 Å². The number of amides is 3. The molecule has 2 heterocycles.